The van der Waals surface area contributed by atoms with Crippen LogP contribution in [-0.2, 0) is 22.4 Å². The lowest BCUT2D eigenvalue weighted by Gasteiger charge is -2.04. The first-order valence-corrected chi connectivity index (χ1v) is 7.33. The fraction of sp³-hybridized carbons (Fsp3) is 0.222. The predicted octanol–water partition coefficient (Wildman–Crippen LogP) is 1.75. The van der Waals surface area contributed by atoms with Crippen molar-refractivity contribution in [2.75, 3.05) is 0 Å². The Labute approximate surface area is 135 Å². The molecule has 0 saturated heterocycles. The Morgan fingerprint density at radius 3 is 1.83 bits per heavy atom. The van der Waals surface area contributed by atoms with Crippen molar-refractivity contribution >= 4 is 11.9 Å². The van der Waals surface area contributed by atoms with Gasteiger partial charge in [0, 0.05) is 6.42 Å². The number of carbonyl (C=O) groups excluding carboxylic acids is 1. The Morgan fingerprint density at radius 2 is 1.39 bits per heavy atom. The molecule has 0 aromatic heterocycles. The first-order valence-electron chi connectivity index (χ1n) is 7.33. The number of carbonyl (C=O) groups is 2. The average Bonchev–Trinajstić information content (AvgIpc) is 2.55. The summed E-state index contributed by atoms with van der Waals surface area (Å²) in [4.78, 5) is 20.8. The van der Waals surface area contributed by atoms with Gasteiger partial charge in [-0.15, -0.1) is 0 Å². The minimum absolute atomic E-state index is 0.242. The lowest BCUT2D eigenvalue weighted by molar-refractivity contribution is -0.138. The molecule has 0 bridgehead atoms. The molecule has 0 saturated carbocycles. The predicted molar refractivity (Wildman–Crippen MR) is 89.7 cm³/mol. The van der Waals surface area contributed by atoms with Crippen molar-refractivity contribution in [1.82, 2.24) is 0 Å². The number of aryl methyl sites for hydroxylation is 1. The molecule has 5 N–H and O–H groups in total. The number of carboxylic acids is 1. The maximum Gasteiger partial charge on any atom is 0.320 e. The van der Waals surface area contributed by atoms with E-state index in [2.05, 4.69) is 0 Å². The van der Waals surface area contributed by atoms with Crippen LogP contribution < -0.4 is 11.5 Å². The standard InChI is InChI=1S/C9H11NO2.C9H11NO/c10-8(9(11)12)6-7-4-2-1-3-5-7;10-9(11)7-6-8-4-2-1-3-5-8/h1-5,8H,6,10H2,(H,11,12);1-5H,6-7H2,(H2,10,11). The van der Waals surface area contributed by atoms with Crippen molar-refractivity contribution in [3.63, 3.8) is 0 Å². The molecule has 0 fully saturated rings. The number of benzene rings is 2. The van der Waals surface area contributed by atoms with Crippen molar-refractivity contribution in [3.8, 4) is 0 Å². The van der Waals surface area contributed by atoms with Gasteiger partial charge in [0.1, 0.15) is 6.04 Å². The SMILES string of the molecule is NC(=O)CCc1ccccc1.NC(Cc1ccccc1)C(=O)O. The summed E-state index contributed by atoms with van der Waals surface area (Å²) in [5.41, 5.74) is 12.5. The van der Waals surface area contributed by atoms with E-state index in [0.29, 0.717) is 12.8 Å². The first kappa shape index (κ1) is 18.4. The van der Waals surface area contributed by atoms with Crippen molar-refractivity contribution in [2.45, 2.75) is 25.3 Å². The van der Waals surface area contributed by atoms with Gasteiger partial charge >= 0.3 is 5.97 Å². The van der Waals surface area contributed by atoms with Crippen molar-refractivity contribution in [2.24, 2.45) is 11.5 Å². The second-order valence-corrected chi connectivity index (χ2v) is 5.09. The van der Waals surface area contributed by atoms with Gasteiger partial charge in [-0.2, -0.15) is 0 Å². The lowest BCUT2D eigenvalue weighted by Crippen LogP contribution is -2.32. The molecule has 0 aliphatic rings. The molecule has 122 valence electrons. The molecule has 23 heavy (non-hydrogen) atoms. The van der Waals surface area contributed by atoms with E-state index in [1.54, 1.807) is 0 Å². The van der Waals surface area contributed by atoms with Gasteiger partial charge < -0.3 is 16.6 Å². The van der Waals surface area contributed by atoms with E-state index in [0.717, 1.165) is 17.5 Å². The number of primary amides is 1. The fourth-order valence-electron chi connectivity index (χ4n) is 1.87. The second kappa shape index (κ2) is 10.1. The van der Waals surface area contributed by atoms with E-state index >= 15 is 0 Å². The molecule has 2 rings (SSSR count). The zero-order valence-corrected chi connectivity index (χ0v) is 12.9. The Balaban J connectivity index is 0.000000231. The molecule has 0 radical (unpaired) electrons. The molecular formula is C18H22N2O3. The molecule has 0 spiro atoms. The van der Waals surface area contributed by atoms with E-state index in [-0.39, 0.29) is 5.91 Å². The van der Waals surface area contributed by atoms with Gasteiger partial charge in [0.25, 0.3) is 0 Å². The third-order valence-electron chi connectivity index (χ3n) is 3.12. The first-order chi connectivity index (χ1) is 11.0. The number of hydrogen-bond acceptors (Lipinski definition) is 3. The molecule has 0 aliphatic heterocycles. The molecule has 5 nitrogen and oxygen atoms in total. The van der Waals surface area contributed by atoms with E-state index < -0.39 is 12.0 Å². The van der Waals surface area contributed by atoms with Gasteiger partial charge in [0.05, 0.1) is 0 Å². The fourth-order valence-corrected chi connectivity index (χ4v) is 1.87. The van der Waals surface area contributed by atoms with E-state index in [4.69, 9.17) is 16.6 Å². The number of rotatable bonds is 6. The zero-order valence-electron chi connectivity index (χ0n) is 12.9. The molecule has 1 unspecified atom stereocenters. The number of amides is 1. The summed E-state index contributed by atoms with van der Waals surface area (Å²) in [6.45, 7) is 0. The van der Waals surface area contributed by atoms with E-state index in [9.17, 15) is 9.59 Å². The van der Waals surface area contributed by atoms with E-state index in [1.165, 1.54) is 0 Å². The van der Waals surface area contributed by atoms with Crippen molar-refractivity contribution in [3.05, 3.63) is 71.8 Å². The van der Waals surface area contributed by atoms with Gasteiger partial charge in [0.2, 0.25) is 5.91 Å². The quantitative estimate of drug-likeness (QED) is 0.755. The van der Waals surface area contributed by atoms with Crippen LogP contribution >= 0.6 is 0 Å². The topological polar surface area (TPSA) is 106 Å². The third kappa shape index (κ3) is 8.38. The van der Waals surface area contributed by atoms with Crippen LogP contribution in [0.4, 0.5) is 0 Å². The Morgan fingerprint density at radius 1 is 0.913 bits per heavy atom. The monoisotopic (exact) mass is 314 g/mol. The lowest BCUT2D eigenvalue weighted by atomic mass is 10.1. The molecule has 1 amide bonds. The Bertz CT molecular complexity index is 600. The molecular weight excluding hydrogens is 292 g/mol. The number of nitrogens with two attached hydrogens (primary N) is 2. The maximum absolute atomic E-state index is 10.4. The van der Waals surface area contributed by atoms with Crippen LogP contribution in [0.15, 0.2) is 60.7 Å². The molecule has 0 heterocycles. The summed E-state index contributed by atoms with van der Waals surface area (Å²) in [5.74, 6) is -1.20. The summed E-state index contributed by atoms with van der Waals surface area (Å²) in [7, 11) is 0. The normalized spacial score (nSPS) is 11.0. The van der Waals surface area contributed by atoms with Crippen LogP contribution in [0.1, 0.15) is 17.5 Å². The van der Waals surface area contributed by atoms with Crippen LogP contribution in [0.5, 0.6) is 0 Å². The van der Waals surface area contributed by atoms with Crippen LogP contribution in [-0.4, -0.2) is 23.0 Å². The maximum atomic E-state index is 10.4. The molecule has 0 aliphatic carbocycles. The third-order valence-corrected chi connectivity index (χ3v) is 3.12. The zero-order chi connectivity index (χ0) is 17.1. The minimum atomic E-state index is -0.959. The summed E-state index contributed by atoms with van der Waals surface area (Å²) in [6, 6.07) is 18.4. The van der Waals surface area contributed by atoms with Gasteiger partial charge in [-0.25, -0.2) is 0 Å². The Kier molecular flexibility index (Phi) is 8.10. The highest BCUT2D eigenvalue weighted by Gasteiger charge is 2.10. The van der Waals surface area contributed by atoms with Gasteiger partial charge in [-0.3, -0.25) is 9.59 Å². The van der Waals surface area contributed by atoms with Crippen LogP contribution in [0.25, 0.3) is 0 Å². The van der Waals surface area contributed by atoms with Crippen molar-refractivity contribution in [1.29, 1.82) is 0 Å². The van der Waals surface area contributed by atoms with Gasteiger partial charge in [0.15, 0.2) is 0 Å². The molecule has 1 atom stereocenters. The summed E-state index contributed by atoms with van der Waals surface area (Å²) >= 11 is 0. The van der Waals surface area contributed by atoms with Gasteiger partial charge in [-0.1, -0.05) is 60.7 Å². The largest absolute Gasteiger partial charge is 0.480 e. The highest BCUT2D eigenvalue weighted by Crippen LogP contribution is 2.02. The summed E-state index contributed by atoms with van der Waals surface area (Å²) in [6.07, 6.45) is 1.57. The number of carboxylic acid groups (broad SMARTS) is 1. The summed E-state index contributed by atoms with van der Waals surface area (Å²) < 4.78 is 0. The average molecular weight is 314 g/mol. The molecule has 2 aromatic rings. The Hall–Kier alpha value is -2.66. The molecule has 2 aromatic carbocycles. The highest BCUT2D eigenvalue weighted by atomic mass is 16.4. The minimum Gasteiger partial charge on any atom is -0.480 e. The van der Waals surface area contributed by atoms with Crippen LogP contribution in [0.3, 0.4) is 0 Å². The number of hydrogen-bond donors (Lipinski definition) is 3. The highest BCUT2D eigenvalue weighted by molar-refractivity contribution is 5.74. The number of aliphatic carboxylic acids is 1. The summed E-state index contributed by atoms with van der Waals surface area (Å²) in [5, 5.41) is 8.52. The van der Waals surface area contributed by atoms with Crippen molar-refractivity contribution < 1.29 is 14.7 Å². The second-order valence-electron chi connectivity index (χ2n) is 5.09. The smallest absolute Gasteiger partial charge is 0.320 e. The molecule has 5 heteroatoms. The van der Waals surface area contributed by atoms with Gasteiger partial charge in [-0.05, 0) is 24.0 Å². The van der Waals surface area contributed by atoms with Crippen LogP contribution in [0, 0.1) is 0 Å². The van der Waals surface area contributed by atoms with Crippen LogP contribution in [0.2, 0.25) is 0 Å². The van der Waals surface area contributed by atoms with E-state index in [1.807, 2.05) is 60.7 Å².